The van der Waals surface area contributed by atoms with E-state index in [2.05, 4.69) is 49.9 Å². The molecule has 2 aromatic carbocycles. The van der Waals surface area contributed by atoms with Gasteiger partial charge in [0.2, 0.25) is 11.8 Å². The highest BCUT2D eigenvalue weighted by Gasteiger charge is 2.42. The lowest BCUT2D eigenvalue weighted by Crippen LogP contribution is -2.54. The van der Waals surface area contributed by atoms with E-state index in [0.29, 0.717) is 31.2 Å². The van der Waals surface area contributed by atoms with Gasteiger partial charge in [0.25, 0.3) is 0 Å². The lowest BCUT2D eigenvalue weighted by molar-refractivity contribution is -0.138. The summed E-state index contributed by atoms with van der Waals surface area (Å²) in [6, 6.07) is 14.0. The number of benzene rings is 2. The highest BCUT2D eigenvalue weighted by molar-refractivity contribution is 7.99. The summed E-state index contributed by atoms with van der Waals surface area (Å²) in [6.45, 7) is 4.52. The van der Waals surface area contributed by atoms with Crippen molar-refractivity contribution in [2.75, 3.05) is 47.8 Å². The Bertz CT molecular complexity index is 2040. The molecule has 6 rings (SSSR count). The largest absolute Gasteiger partial charge is 0.453 e. The van der Waals surface area contributed by atoms with Gasteiger partial charge in [0.1, 0.15) is 23.7 Å². The number of hydrogen-bond acceptors (Lipinski definition) is 11. The van der Waals surface area contributed by atoms with Crippen molar-refractivity contribution in [3.8, 4) is 33.6 Å². The van der Waals surface area contributed by atoms with Gasteiger partial charge in [-0.25, -0.2) is 19.6 Å². The number of nitrogens with one attached hydrogen (secondary N) is 4. The van der Waals surface area contributed by atoms with Crippen LogP contribution in [0.1, 0.15) is 56.8 Å². The molecule has 2 fully saturated rings. The lowest BCUT2D eigenvalue weighted by Gasteiger charge is -2.30. The van der Waals surface area contributed by atoms with Gasteiger partial charge in [0.15, 0.2) is 0 Å². The van der Waals surface area contributed by atoms with Crippen molar-refractivity contribution in [2.24, 2.45) is 0 Å². The maximum absolute atomic E-state index is 13.9. The molecule has 7 atom stereocenters. The molecule has 0 radical (unpaired) electrons. The first-order valence-electron chi connectivity index (χ1n) is 19.2. The van der Waals surface area contributed by atoms with Gasteiger partial charge in [0.05, 0.1) is 62.3 Å². The molecular formula is C41H52N8O8S. The van der Waals surface area contributed by atoms with E-state index in [4.69, 9.17) is 23.9 Å². The number of aromatic nitrogens is 4. The molecule has 4 heterocycles. The maximum Gasteiger partial charge on any atom is 0.407 e. The standard InChI is InChI=1S/C41H52N8O8S/c1-23(54-3)34(46-40(52)56-5)38(50)48-18-8-9-32(48)36-42-20-30(44-36)27-14-10-25(11-15-27)26-12-16-28(17-13-26)31-21-43-37(45-31)33-19-29(58-7)22-49(33)39(51)35(24(2)55-4)47-41(53)57-6/h10-17,20-21,23-24,29,32-35H,8-9,18-19,22H2,1-7H3,(H,42,44)(H,43,45)(H,46,52)(H,47,53). The molecule has 310 valence electrons. The van der Waals surface area contributed by atoms with Gasteiger partial charge in [-0.3, -0.25) is 9.59 Å². The number of ether oxygens (including phenoxy) is 4. The van der Waals surface area contributed by atoms with E-state index in [9.17, 15) is 19.2 Å². The van der Waals surface area contributed by atoms with Crippen LogP contribution in [0.2, 0.25) is 0 Å². The van der Waals surface area contributed by atoms with Crippen molar-refractivity contribution in [1.29, 1.82) is 0 Å². The zero-order chi connectivity index (χ0) is 41.5. The molecule has 0 bridgehead atoms. The first-order chi connectivity index (χ1) is 28.0. The number of H-pyrrole nitrogens is 2. The van der Waals surface area contributed by atoms with Gasteiger partial charge >= 0.3 is 12.2 Å². The Labute approximate surface area is 342 Å². The highest BCUT2D eigenvalue weighted by Crippen LogP contribution is 2.38. The summed E-state index contributed by atoms with van der Waals surface area (Å²) >= 11 is 1.70. The van der Waals surface area contributed by atoms with Crippen LogP contribution >= 0.6 is 11.8 Å². The molecule has 2 aliphatic rings. The summed E-state index contributed by atoms with van der Waals surface area (Å²) in [4.78, 5) is 71.4. The number of amides is 4. The van der Waals surface area contributed by atoms with Crippen LogP contribution in [0.5, 0.6) is 0 Å². The molecule has 0 aliphatic carbocycles. The van der Waals surface area contributed by atoms with Gasteiger partial charge in [-0.05, 0) is 61.6 Å². The number of rotatable bonds is 14. The van der Waals surface area contributed by atoms with Crippen molar-refractivity contribution >= 4 is 35.8 Å². The number of carbonyl (C=O) groups is 4. The number of carbonyl (C=O) groups excluding carboxylic acids is 4. The second-order valence-corrected chi connectivity index (χ2v) is 15.6. The van der Waals surface area contributed by atoms with Crippen LogP contribution in [0.4, 0.5) is 9.59 Å². The van der Waals surface area contributed by atoms with E-state index in [1.165, 1.54) is 28.4 Å². The zero-order valence-electron chi connectivity index (χ0n) is 33.8. The third-order valence-electron chi connectivity index (χ3n) is 11.1. The summed E-state index contributed by atoms with van der Waals surface area (Å²) in [5.74, 6) is 0.850. The van der Waals surface area contributed by atoms with Gasteiger partial charge in [-0.1, -0.05) is 48.5 Å². The van der Waals surface area contributed by atoms with Crippen LogP contribution in [0.25, 0.3) is 33.6 Å². The molecule has 17 heteroatoms. The van der Waals surface area contributed by atoms with E-state index >= 15 is 0 Å². The minimum atomic E-state index is -0.920. The van der Waals surface area contributed by atoms with Crippen LogP contribution in [0, 0.1) is 0 Å². The highest BCUT2D eigenvalue weighted by atomic mass is 32.2. The SMILES string of the molecule is COC(=O)NC(C(=O)N1CCCC1c1ncc(-c2ccc(-c3ccc(-c4cnc(C5CC(SC)CN5C(=O)C(NC(=O)OC)C(C)OC)[nH]4)cc3)cc2)[nH]1)C(C)OC. The van der Waals surface area contributed by atoms with Crippen molar-refractivity contribution in [3.05, 3.63) is 72.6 Å². The van der Waals surface area contributed by atoms with Crippen LogP contribution in [-0.4, -0.2) is 131 Å². The number of alkyl carbamates (subject to hydrolysis) is 2. The third-order valence-corrected chi connectivity index (χ3v) is 12.1. The van der Waals surface area contributed by atoms with Gasteiger partial charge in [-0.15, -0.1) is 0 Å². The fourth-order valence-corrected chi connectivity index (χ4v) is 8.22. The van der Waals surface area contributed by atoms with E-state index in [1.54, 1.807) is 47.8 Å². The quantitative estimate of drug-likeness (QED) is 0.129. The number of hydrogen-bond donors (Lipinski definition) is 4. The van der Waals surface area contributed by atoms with Crippen LogP contribution in [-0.2, 0) is 28.5 Å². The Hall–Kier alpha value is -5.39. The monoisotopic (exact) mass is 816 g/mol. The van der Waals surface area contributed by atoms with Gasteiger partial charge in [0, 0.05) is 32.6 Å². The smallest absolute Gasteiger partial charge is 0.407 e. The Morgan fingerprint density at radius 3 is 1.60 bits per heavy atom. The molecule has 2 saturated heterocycles. The fourth-order valence-electron chi connectivity index (χ4n) is 7.54. The normalized spacial score (nSPS) is 19.9. The maximum atomic E-state index is 13.9. The molecule has 4 N–H and O–H groups in total. The fraction of sp³-hybridized carbons (Fsp3) is 0.463. The average Bonchev–Trinajstić information content (AvgIpc) is 4.10. The Morgan fingerprint density at radius 2 is 1.16 bits per heavy atom. The topological polar surface area (TPSA) is 193 Å². The molecule has 2 aliphatic heterocycles. The molecule has 0 saturated carbocycles. The van der Waals surface area contributed by atoms with Crippen LogP contribution < -0.4 is 10.6 Å². The second-order valence-electron chi connectivity index (χ2n) is 14.4. The molecule has 16 nitrogen and oxygen atoms in total. The number of thioether (sulfide) groups is 1. The minimum absolute atomic E-state index is 0.204. The molecular weight excluding hydrogens is 765 g/mol. The first kappa shape index (κ1) is 42.2. The number of aromatic amines is 2. The first-order valence-corrected chi connectivity index (χ1v) is 20.5. The Morgan fingerprint density at radius 1 is 0.707 bits per heavy atom. The lowest BCUT2D eigenvalue weighted by atomic mass is 10.0. The summed E-state index contributed by atoms with van der Waals surface area (Å²) in [7, 11) is 5.51. The summed E-state index contributed by atoms with van der Waals surface area (Å²) < 4.78 is 20.4. The van der Waals surface area contributed by atoms with Crippen molar-refractivity contribution in [2.45, 2.75) is 74.7 Å². The summed E-state index contributed by atoms with van der Waals surface area (Å²) in [5, 5.41) is 5.46. The van der Waals surface area contributed by atoms with Crippen molar-refractivity contribution in [3.63, 3.8) is 0 Å². The number of imidazole rings is 2. The predicted molar refractivity (Wildman–Crippen MR) is 219 cm³/mol. The number of methoxy groups -OCH3 is 4. The van der Waals surface area contributed by atoms with E-state index in [1.807, 2.05) is 30.5 Å². The average molecular weight is 817 g/mol. The molecule has 4 amide bonds. The Balaban J connectivity index is 1.13. The number of likely N-dealkylation sites (tertiary alicyclic amines) is 2. The zero-order valence-corrected chi connectivity index (χ0v) is 34.6. The van der Waals surface area contributed by atoms with Gasteiger partial charge in [-0.2, -0.15) is 11.8 Å². The van der Waals surface area contributed by atoms with Crippen molar-refractivity contribution in [1.82, 2.24) is 40.4 Å². The minimum Gasteiger partial charge on any atom is -0.453 e. The molecule has 7 unspecified atom stereocenters. The van der Waals surface area contributed by atoms with Gasteiger partial charge < -0.3 is 49.3 Å². The third kappa shape index (κ3) is 9.16. The molecule has 58 heavy (non-hydrogen) atoms. The molecule has 0 spiro atoms. The Kier molecular flexibility index (Phi) is 13.8. The van der Waals surface area contributed by atoms with E-state index in [0.717, 1.165) is 46.5 Å². The second kappa shape index (κ2) is 18.9. The van der Waals surface area contributed by atoms with Crippen LogP contribution in [0.15, 0.2) is 60.9 Å². The number of nitrogens with zero attached hydrogens (tertiary/aromatic N) is 4. The predicted octanol–water partition coefficient (Wildman–Crippen LogP) is 5.32. The van der Waals surface area contributed by atoms with Crippen molar-refractivity contribution < 1.29 is 38.1 Å². The molecule has 2 aromatic heterocycles. The summed E-state index contributed by atoms with van der Waals surface area (Å²) in [6.07, 6.45) is 5.32. The van der Waals surface area contributed by atoms with E-state index < -0.39 is 36.5 Å². The summed E-state index contributed by atoms with van der Waals surface area (Å²) in [5.41, 5.74) is 5.62. The van der Waals surface area contributed by atoms with E-state index in [-0.39, 0.29) is 29.1 Å². The molecule has 4 aromatic rings. The van der Waals surface area contributed by atoms with Crippen LogP contribution in [0.3, 0.4) is 0 Å².